The molecule has 0 saturated heterocycles. The molecule has 0 heterocycles. The van der Waals surface area contributed by atoms with Crippen molar-refractivity contribution in [1.82, 2.24) is 0 Å². The minimum atomic E-state index is -0.368. The monoisotopic (exact) mass is 206 g/mol. The largest absolute Gasteiger partial charge is 0.250 e. The minimum Gasteiger partial charge on any atom is -0.250 e. The van der Waals surface area contributed by atoms with Crippen molar-refractivity contribution in [2.75, 3.05) is 6.67 Å². The van der Waals surface area contributed by atoms with E-state index in [9.17, 15) is 4.39 Å². The maximum Gasteiger partial charge on any atom is 0.0997 e. The van der Waals surface area contributed by atoms with Gasteiger partial charge in [-0.25, -0.2) is 0 Å². The van der Waals surface area contributed by atoms with Crippen LogP contribution in [-0.4, -0.2) is 6.67 Å². The number of allylic oxidation sites excluding steroid dienone is 1. The van der Waals surface area contributed by atoms with Gasteiger partial charge >= 0.3 is 0 Å². The van der Waals surface area contributed by atoms with E-state index in [1.54, 1.807) is 6.08 Å². The summed E-state index contributed by atoms with van der Waals surface area (Å²) in [4.78, 5) is 0. The Hall–Kier alpha value is -1.11. The summed E-state index contributed by atoms with van der Waals surface area (Å²) < 4.78 is 12.6. The van der Waals surface area contributed by atoms with E-state index >= 15 is 0 Å². The minimum absolute atomic E-state index is 0.155. The van der Waals surface area contributed by atoms with Gasteiger partial charge in [0.1, 0.15) is 0 Å². The average Bonchev–Trinajstić information content (AvgIpc) is 2.21. The van der Waals surface area contributed by atoms with E-state index in [1.165, 1.54) is 5.56 Å². The van der Waals surface area contributed by atoms with E-state index in [4.69, 9.17) is 0 Å². The standard InChI is InChI=1S/C14H19F/c1-4-13(10-15)14-7-5-12(6-8-14)9-11(2)3/h4-8,11,13H,1,9-10H2,2-3H3/t13-/m0/s1. The summed E-state index contributed by atoms with van der Waals surface area (Å²) in [5.74, 6) is 0.505. The lowest BCUT2D eigenvalue weighted by Crippen LogP contribution is -1.98. The summed E-state index contributed by atoms with van der Waals surface area (Å²) in [6, 6.07) is 8.18. The fourth-order valence-electron chi connectivity index (χ4n) is 1.66. The Morgan fingerprint density at radius 2 is 1.87 bits per heavy atom. The number of hydrogen-bond acceptors (Lipinski definition) is 0. The zero-order chi connectivity index (χ0) is 11.3. The van der Waals surface area contributed by atoms with Crippen molar-refractivity contribution >= 4 is 0 Å². The molecule has 0 saturated carbocycles. The highest BCUT2D eigenvalue weighted by Crippen LogP contribution is 2.19. The van der Waals surface area contributed by atoms with E-state index < -0.39 is 0 Å². The summed E-state index contributed by atoms with van der Waals surface area (Å²) in [5.41, 5.74) is 2.33. The molecular weight excluding hydrogens is 187 g/mol. The van der Waals surface area contributed by atoms with Crippen molar-refractivity contribution in [2.24, 2.45) is 5.92 Å². The van der Waals surface area contributed by atoms with Crippen LogP contribution in [0.5, 0.6) is 0 Å². The fourth-order valence-corrected chi connectivity index (χ4v) is 1.66. The third-order valence-electron chi connectivity index (χ3n) is 2.50. The van der Waals surface area contributed by atoms with Gasteiger partial charge in [0.15, 0.2) is 0 Å². The van der Waals surface area contributed by atoms with Gasteiger partial charge in [-0.15, -0.1) is 6.58 Å². The molecule has 0 fully saturated rings. The molecule has 82 valence electrons. The smallest absolute Gasteiger partial charge is 0.0997 e. The molecule has 0 amide bonds. The Bertz CT molecular complexity index is 298. The number of rotatable bonds is 5. The van der Waals surface area contributed by atoms with Gasteiger partial charge in [0.05, 0.1) is 6.67 Å². The first-order chi connectivity index (χ1) is 7.17. The van der Waals surface area contributed by atoms with E-state index in [0.29, 0.717) is 5.92 Å². The van der Waals surface area contributed by atoms with Gasteiger partial charge in [-0.05, 0) is 23.5 Å². The zero-order valence-electron chi connectivity index (χ0n) is 9.54. The third-order valence-corrected chi connectivity index (χ3v) is 2.50. The van der Waals surface area contributed by atoms with E-state index in [0.717, 1.165) is 12.0 Å². The summed E-state index contributed by atoms with van der Waals surface area (Å²) in [6.07, 6.45) is 2.74. The lowest BCUT2D eigenvalue weighted by Gasteiger charge is -2.10. The summed E-state index contributed by atoms with van der Waals surface area (Å²) in [6.45, 7) is 7.66. The van der Waals surface area contributed by atoms with Crippen molar-refractivity contribution in [3.8, 4) is 0 Å². The van der Waals surface area contributed by atoms with E-state index in [2.05, 4.69) is 32.6 Å². The molecular formula is C14H19F. The Morgan fingerprint density at radius 3 is 2.27 bits per heavy atom. The van der Waals surface area contributed by atoms with Crippen LogP contribution in [0, 0.1) is 5.92 Å². The highest BCUT2D eigenvalue weighted by Gasteiger charge is 2.06. The Labute approximate surface area is 91.8 Å². The van der Waals surface area contributed by atoms with Gasteiger partial charge in [-0.3, -0.25) is 4.39 Å². The van der Waals surface area contributed by atoms with Gasteiger partial charge in [0, 0.05) is 5.92 Å². The van der Waals surface area contributed by atoms with Crippen LogP contribution in [0.3, 0.4) is 0 Å². The molecule has 0 aliphatic heterocycles. The molecule has 0 unspecified atom stereocenters. The van der Waals surface area contributed by atoms with Gasteiger partial charge in [0.2, 0.25) is 0 Å². The molecule has 0 spiro atoms. The maximum absolute atomic E-state index is 12.6. The van der Waals surface area contributed by atoms with Crippen LogP contribution < -0.4 is 0 Å². The van der Waals surface area contributed by atoms with Crippen LogP contribution in [0.4, 0.5) is 4.39 Å². The molecule has 0 radical (unpaired) electrons. The molecule has 15 heavy (non-hydrogen) atoms. The number of benzene rings is 1. The van der Waals surface area contributed by atoms with Gasteiger partial charge in [-0.2, -0.15) is 0 Å². The molecule has 0 N–H and O–H groups in total. The molecule has 0 aromatic heterocycles. The SMILES string of the molecule is C=C[C@@H](CF)c1ccc(CC(C)C)cc1. The first-order valence-electron chi connectivity index (χ1n) is 5.44. The topological polar surface area (TPSA) is 0 Å². The van der Waals surface area contributed by atoms with Gasteiger partial charge < -0.3 is 0 Å². The van der Waals surface area contributed by atoms with Crippen LogP contribution in [0.15, 0.2) is 36.9 Å². The highest BCUT2D eigenvalue weighted by molar-refractivity contribution is 5.28. The van der Waals surface area contributed by atoms with Crippen LogP contribution in [0.2, 0.25) is 0 Å². The van der Waals surface area contributed by atoms with Gasteiger partial charge in [0.25, 0.3) is 0 Å². The Kier molecular flexibility index (Phi) is 4.54. The number of hydrogen-bond donors (Lipinski definition) is 0. The molecule has 1 aromatic carbocycles. The fraction of sp³-hybridized carbons (Fsp3) is 0.429. The maximum atomic E-state index is 12.6. The van der Waals surface area contributed by atoms with E-state index in [-0.39, 0.29) is 12.6 Å². The molecule has 0 aliphatic carbocycles. The molecule has 0 nitrogen and oxygen atoms in total. The van der Waals surface area contributed by atoms with Crippen LogP contribution in [0.25, 0.3) is 0 Å². The van der Waals surface area contributed by atoms with Gasteiger partial charge in [-0.1, -0.05) is 44.2 Å². The zero-order valence-corrected chi connectivity index (χ0v) is 9.54. The van der Waals surface area contributed by atoms with Crippen molar-refractivity contribution < 1.29 is 4.39 Å². The number of alkyl halides is 1. The predicted molar refractivity (Wildman–Crippen MR) is 63.9 cm³/mol. The molecule has 0 aliphatic rings. The first kappa shape index (κ1) is 12.0. The van der Waals surface area contributed by atoms with Crippen molar-refractivity contribution in [3.05, 3.63) is 48.0 Å². The second-order valence-electron chi connectivity index (χ2n) is 4.34. The summed E-state index contributed by atoms with van der Waals surface area (Å²) in [5, 5.41) is 0. The van der Waals surface area contributed by atoms with Crippen molar-refractivity contribution in [2.45, 2.75) is 26.2 Å². The first-order valence-corrected chi connectivity index (χ1v) is 5.44. The van der Waals surface area contributed by atoms with Crippen molar-refractivity contribution in [3.63, 3.8) is 0 Å². The quantitative estimate of drug-likeness (QED) is 0.636. The second-order valence-corrected chi connectivity index (χ2v) is 4.34. The molecule has 1 rings (SSSR count). The highest BCUT2D eigenvalue weighted by atomic mass is 19.1. The Morgan fingerprint density at radius 1 is 1.27 bits per heavy atom. The lowest BCUT2D eigenvalue weighted by molar-refractivity contribution is 0.467. The molecule has 0 bridgehead atoms. The number of halogens is 1. The lowest BCUT2D eigenvalue weighted by atomic mass is 9.96. The van der Waals surface area contributed by atoms with E-state index in [1.807, 2.05) is 12.1 Å². The summed E-state index contributed by atoms with van der Waals surface area (Å²) in [7, 11) is 0. The summed E-state index contributed by atoms with van der Waals surface area (Å²) >= 11 is 0. The molecule has 1 atom stereocenters. The second kappa shape index (κ2) is 5.69. The third kappa shape index (κ3) is 3.50. The van der Waals surface area contributed by atoms with Crippen LogP contribution in [0.1, 0.15) is 30.9 Å². The Balaban J connectivity index is 2.75. The molecule has 1 heteroatoms. The average molecular weight is 206 g/mol. The van der Waals surface area contributed by atoms with Crippen molar-refractivity contribution in [1.29, 1.82) is 0 Å². The van der Waals surface area contributed by atoms with Crippen LogP contribution >= 0.6 is 0 Å². The normalized spacial score (nSPS) is 12.8. The predicted octanol–water partition coefficient (Wildman–Crippen LogP) is 4.12. The molecule has 1 aromatic rings. The van der Waals surface area contributed by atoms with Crippen LogP contribution in [-0.2, 0) is 6.42 Å².